The zero-order valence-electron chi connectivity index (χ0n) is 14.2. The SMILES string of the molecule is N#Cc1cnc2ccc3c(c2c1Nc1ccc2[nH]ccc2c1)CCS3(=O)=O. The molecule has 2 aromatic carbocycles. The molecule has 0 fully saturated rings. The Morgan fingerprint density at radius 2 is 2.07 bits per heavy atom. The van der Waals surface area contributed by atoms with E-state index in [1.165, 1.54) is 6.20 Å². The summed E-state index contributed by atoms with van der Waals surface area (Å²) in [6, 6.07) is 13.3. The van der Waals surface area contributed by atoms with Crippen molar-refractivity contribution < 1.29 is 8.42 Å². The van der Waals surface area contributed by atoms with Gasteiger partial charge in [-0.2, -0.15) is 5.26 Å². The van der Waals surface area contributed by atoms with E-state index < -0.39 is 9.84 Å². The highest BCUT2D eigenvalue weighted by Crippen LogP contribution is 2.38. The molecule has 4 aromatic rings. The summed E-state index contributed by atoms with van der Waals surface area (Å²) < 4.78 is 24.7. The fraction of sp³-hybridized carbons (Fsp3) is 0.100. The highest BCUT2D eigenvalue weighted by molar-refractivity contribution is 7.91. The van der Waals surface area contributed by atoms with Crippen LogP contribution in [0.5, 0.6) is 0 Å². The summed E-state index contributed by atoms with van der Waals surface area (Å²) in [5.74, 6) is 0.0903. The van der Waals surface area contributed by atoms with Gasteiger partial charge >= 0.3 is 0 Å². The Bertz CT molecular complexity index is 1380. The van der Waals surface area contributed by atoms with Crippen LogP contribution in [0.3, 0.4) is 0 Å². The highest BCUT2D eigenvalue weighted by atomic mass is 32.2. The lowest BCUT2D eigenvalue weighted by Crippen LogP contribution is -2.00. The molecule has 0 bridgehead atoms. The molecular weight excluding hydrogens is 360 g/mol. The molecule has 0 saturated heterocycles. The number of hydrogen-bond donors (Lipinski definition) is 2. The smallest absolute Gasteiger partial charge is 0.179 e. The number of nitrogens with zero attached hydrogens (tertiary/aromatic N) is 2. The van der Waals surface area contributed by atoms with Gasteiger partial charge in [0.05, 0.1) is 27.4 Å². The molecule has 132 valence electrons. The number of benzene rings is 2. The molecule has 5 rings (SSSR count). The molecule has 0 radical (unpaired) electrons. The van der Waals surface area contributed by atoms with Gasteiger partial charge in [0.15, 0.2) is 9.84 Å². The van der Waals surface area contributed by atoms with Crippen molar-refractivity contribution >= 4 is 43.0 Å². The number of hydrogen-bond acceptors (Lipinski definition) is 5. The van der Waals surface area contributed by atoms with Crippen LogP contribution in [0.15, 0.2) is 53.7 Å². The number of H-pyrrole nitrogens is 1. The van der Waals surface area contributed by atoms with Gasteiger partial charge < -0.3 is 10.3 Å². The predicted molar refractivity (Wildman–Crippen MR) is 104 cm³/mol. The molecule has 0 amide bonds. The molecule has 2 aromatic heterocycles. The first-order chi connectivity index (χ1) is 13.1. The van der Waals surface area contributed by atoms with Crippen molar-refractivity contribution in [2.45, 2.75) is 11.3 Å². The second kappa shape index (κ2) is 5.56. The number of aryl methyl sites for hydroxylation is 1. The molecular formula is C20H14N4O2S. The minimum Gasteiger partial charge on any atom is -0.361 e. The third-order valence-corrected chi connectivity index (χ3v) is 6.79. The molecule has 27 heavy (non-hydrogen) atoms. The first-order valence-electron chi connectivity index (χ1n) is 8.48. The lowest BCUT2D eigenvalue weighted by atomic mass is 10.0. The van der Waals surface area contributed by atoms with Crippen LogP contribution in [0.25, 0.3) is 21.8 Å². The number of anilines is 2. The van der Waals surface area contributed by atoms with E-state index in [1.54, 1.807) is 12.1 Å². The first kappa shape index (κ1) is 15.9. The molecule has 1 aliphatic rings. The summed E-state index contributed by atoms with van der Waals surface area (Å²) in [6.07, 6.45) is 3.82. The van der Waals surface area contributed by atoms with Gasteiger partial charge in [0.1, 0.15) is 6.07 Å². The van der Waals surface area contributed by atoms with Gasteiger partial charge in [-0.25, -0.2) is 8.42 Å². The number of aromatic nitrogens is 2. The van der Waals surface area contributed by atoms with Gasteiger partial charge in [0.2, 0.25) is 0 Å². The van der Waals surface area contributed by atoms with Gasteiger partial charge in [0, 0.05) is 34.4 Å². The average molecular weight is 374 g/mol. The maximum absolute atomic E-state index is 12.3. The Balaban J connectivity index is 1.77. The van der Waals surface area contributed by atoms with Crippen molar-refractivity contribution in [3.8, 4) is 6.07 Å². The molecule has 0 unspecified atom stereocenters. The van der Waals surface area contributed by atoms with Crippen LogP contribution in [0.4, 0.5) is 11.4 Å². The van der Waals surface area contributed by atoms with Crippen molar-refractivity contribution in [2.75, 3.05) is 11.1 Å². The Labute approximate surface area is 155 Å². The summed E-state index contributed by atoms with van der Waals surface area (Å²) in [7, 11) is -3.27. The van der Waals surface area contributed by atoms with Crippen LogP contribution < -0.4 is 5.32 Å². The zero-order chi connectivity index (χ0) is 18.6. The number of nitriles is 1. The van der Waals surface area contributed by atoms with E-state index >= 15 is 0 Å². The fourth-order valence-corrected chi connectivity index (χ4v) is 5.26. The second-order valence-electron chi connectivity index (χ2n) is 6.57. The summed E-state index contributed by atoms with van der Waals surface area (Å²) >= 11 is 0. The van der Waals surface area contributed by atoms with Crippen LogP contribution in [-0.2, 0) is 16.3 Å². The Morgan fingerprint density at radius 1 is 1.19 bits per heavy atom. The molecule has 7 heteroatoms. The standard InChI is InChI=1S/C20H14N4O2S/c21-10-13-11-23-17-3-4-18-15(6-8-27(18,25)26)19(17)20(13)24-14-1-2-16-12(9-14)5-7-22-16/h1-5,7,9,11,22H,6,8H2,(H,23,24). The van der Waals surface area contributed by atoms with Crippen LogP contribution in [0, 0.1) is 11.3 Å². The topological polar surface area (TPSA) is 98.6 Å². The van der Waals surface area contributed by atoms with Crippen molar-refractivity contribution in [1.82, 2.24) is 9.97 Å². The van der Waals surface area contributed by atoms with E-state index in [2.05, 4.69) is 21.4 Å². The Hall–Kier alpha value is -3.37. The quantitative estimate of drug-likeness (QED) is 0.558. The number of nitrogens with one attached hydrogen (secondary N) is 2. The molecule has 1 aliphatic heterocycles. The zero-order valence-corrected chi connectivity index (χ0v) is 15.0. The second-order valence-corrected chi connectivity index (χ2v) is 8.65. The number of sulfone groups is 1. The van der Waals surface area contributed by atoms with Crippen LogP contribution >= 0.6 is 0 Å². The molecule has 0 spiro atoms. The molecule has 0 aliphatic carbocycles. The summed E-state index contributed by atoms with van der Waals surface area (Å²) in [5, 5.41) is 14.7. The summed E-state index contributed by atoms with van der Waals surface area (Å²) in [6.45, 7) is 0. The number of pyridine rings is 1. The minimum atomic E-state index is -3.27. The van der Waals surface area contributed by atoms with Crippen LogP contribution in [0.1, 0.15) is 11.1 Å². The van der Waals surface area contributed by atoms with E-state index in [4.69, 9.17) is 0 Å². The third-order valence-electron chi connectivity index (χ3n) is 5.00. The maximum Gasteiger partial charge on any atom is 0.179 e. The van der Waals surface area contributed by atoms with Gasteiger partial charge in [-0.15, -0.1) is 0 Å². The van der Waals surface area contributed by atoms with Crippen molar-refractivity contribution in [2.24, 2.45) is 0 Å². The Morgan fingerprint density at radius 3 is 2.93 bits per heavy atom. The lowest BCUT2D eigenvalue weighted by molar-refractivity contribution is 0.600. The Kier molecular flexibility index (Phi) is 3.27. The monoisotopic (exact) mass is 374 g/mol. The van der Waals surface area contributed by atoms with Gasteiger partial charge in [-0.05, 0) is 48.4 Å². The van der Waals surface area contributed by atoms with E-state index in [-0.39, 0.29) is 5.75 Å². The lowest BCUT2D eigenvalue weighted by Gasteiger charge is -2.14. The third kappa shape index (κ3) is 2.38. The molecule has 2 N–H and O–H groups in total. The first-order valence-corrected chi connectivity index (χ1v) is 10.1. The van der Waals surface area contributed by atoms with Crippen molar-refractivity contribution in [3.63, 3.8) is 0 Å². The van der Waals surface area contributed by atoms with E-state index in [0.29, 0.717) is 33.5 Å². The predicted octanol–water partition coefficient (Wildman–Crippen LogP) is 3.66. The summed E-state index contributed by atoms with van der Waals surface area (Å²) in [5.41, 5.74) is 4.25. The van der Waals surface area contributed by atoms with Gasteiger partial charge in [-0.3, -0.25) is 4.98 Å². The molecule has 0 saturated carbocycles. The summed E-state index contributed by atoms with van der Waals surface area (Å²) in [4.78, 5) is 7.85. The highest BCUT2D eigenvalue weighted by Gasteiger charge is 2.29. The van der Waals surface area contributed by atoms with Crippen molar-refractivity contribution in [1.29, 1.82) is 5.26 Å². The van der Waals surface area contributed by atoms with E-state index in [0.717, 1.165) is 22.2 Å². The number of rotatable bonds is 2. The van der Waals surface area contributed by atoms with Crippen LogP contribution in [-0.4, -0.2) is 24.1 Å². The normalized spacial score (nSPS) is 14.9. The van der Waals surface area contributed by atoms with Crippen LogP contribution in [0.2, 0.25) is 0 Å². The van der Waals surface area contributed by atoms with Gasteiger partial charge in [0.25, 0.3) is 0 Å². The largest absolute Gasteiger partial charge is 0.361 e. The average Bonchev–Trinajstić information content (AvgIpc) is 3.25. The molecule has 0 atom stereocenters. The molecule has 6 nitrogen and oxygen atoms in total. The fourth-order valence-electron chi connectivity index (χ4n) is 3.71. The van der Waals surface area contributed by atoms with E-state index in [9.17, 15) is 13.7 Å². The number of fused-ring (bicyclic) bond motifs is 4. The number of aromatic amines is 1. The minimum absolute atomic E-state index is 0.0903. The van der Waals surface area contributed by atoms with E-state index in [1.807, 2.05) is 30.5 Å². The molecule has 3 heterocycles. The van der Waals surface area contributed by atoms with Crippen molar-refractivity contribution in [3.05, 3.63) is 59.9 Å². The van der Waals surface area contributed by atoms with Gasteiger partial charge in [-0.1, -0.05) is 0 Å². The maximum atomic E-state index is 12.3.